The highest BCUT2D eigenvalue weighted by Crippen LogP contribution is 2.25. The van der Waals surface area contributed by atoms with Crippen LogP contribution < -0.4 is 0 Å². The lowest BCUT2D eigenvalue weighted by Gasteiger charge is -2.12. The largest absolute Gasteiger partial charge is 0.481 e. The van der Waals surface area contributed by atoms with E-state index in [-0.39, 0.29) is 17.9 Å². The van der Waals surface area contributed by atoms with Crippen LogP contribution in [0.2, 0.25) is 5.02 Å². The third kappa shape index (κ3) is 4.14. The van der Waals surface area contributed by atoms with Crippen LogP contribution in [0.4, 0.5) is 5.69 Å². The molecular formula is C16H12ClNO5. The summed E-state index contributed by atoms with van der Waals surface area (Å²) in [5.74, 6) is -2.62. The third-order valence-corrected chi connectivity index (χ3v) is 3.58. The smallest absolute Gasteiger partial charge is 0.311 e. The number of carboxylic acids is 1. The number of carboxylic acid groups (broad SMARTS) is 1. The Bertz CT molecular complexity index is 757. The van der Waals surface area contributed by atoms with Gasteiger partial charge < -0.3 is 5.11 Å². The summed E-state index contributed by atoms with van der Waals surface area (Å²) >= 11 is 5.82. The number of carbonyl (C=O) groups excluding carboxylic acids is 1. The summed E-state index contributed by atoms with van der Waals surface area (Å²) < 4.78 is 0. The van der Waals surface area contributed by atoms with Gasteiger partial charge in [-0.15, -0.1) is 0 Å². The number of aliphatic carboxylic acids is 1. The maximum atomic E-state index is 12.2. The monoisotopic (exact) mass is 333 g/mol. The van der Waals surface area contributed by atoms with Crippen molar-refractivity contribution in [3.8, 4) is 0 Å². The minimum Gasteiger partial charge on any atom is -0.481 e. The lowest BCUT2D eigenvalue weighted by atomic mass is 9.91. The van der Waals surface area contributed by atoms with Crippen molar-refractivity contribution in [2.24, 2.45) is 0 Å². The maximum absolute atomic E-state index is 12.2. The van der Waals surface area contributed by atoms with Gasteiger partial charge in [0.25, 0.3) is 5.69 Å². The first-order valence-corrected chi connectivity index (χ1v) is 7.02. The van der Waals surface area contributed by atoms with Gasteiger partial charge in [0.1, 0.15) is 0 Å². The lowest BCUT2D eigenvalue weighted by Crippen LogP contribution is -2.16. The van der Waals surface area contributed by atoms with Crippen LogP contribution in [0.25, 0.3) is 0 Å². The van der Waals surface area contributed by atoms with Gasteiger partial charge in [-0.1, -0.05) is 35.9 Å². The van der Waals surface area contributed by atoms with Crippen molar-refractivity contribution in [1.29, 1.82) is 0 Å². The standard InChI is InChI=1S/C16H12ClNO5/c17-12-3-1-2-11(8-12)15(19)9-14(16(20)21)10-4-6-13(7-5-10)18(22)23/h1-8,14H,9H2,(H,20,21). The normalized spacial score (nSPS) is 11.7. The number of nitro groups is 1. The summed E-state index contributed by atoms with van der Waals surface area (Å²) in [6.45, 7) is 0. The lowest BCUT2D eigenvalue weighted by molar-refractivity contribution is -0.384. The van der Waals surface area contributed by atoms with E-state index in [1.807, 2.05) is 0 Å². The second-order valence-electron chi connectivity index (χ2n) is 4.88. The number of Topliss-reactive ketones (excluding diaryl/α,β-unsaturated/α-hetero) is 1. The van der Waals surface area contributed by atoms with E-state index in [2.05, 4.69) is 0 Å². The molecular weight excluding hydrogens is 322 g/mol. The Morgan fingerprint density at radius 1 is 1.17 bits per heavy atom. The zero-order chi connectivity index (χ0) is 17.0. The summed E-state index contributed by atoms with van der Waals surface area (Å²) in [4.78, 5) is 33.7. The first kappa shape index (κ1) is 16.6. The van der Waals surface area contributed by atoms with Crippen LogP contribution in [-0.4, -0.2) is 21.8 Å². The fourth-order valence-electron chi connectivity index (χ4n) is 2.14. The highest BCUT2D eigenvalue weighted by Gasteiger charge is 2.24. The number of ketones is 1. The van der Waals surface area contributed by atoms with Gasteiger partial charge in [-0.3, -0.25) is 19.7 Å². The molecule has 118 valence electrons. The topological polar surface area (TPSA) is 97.5 Å². The second-order valence-corrected chi connectivity index (χ2v) is 5.31. The number of nitrogens with zero attached hydrogens (tertiary/aromatic N) is 1. The average Bonchev–Trinajstić information content (AvgIpc) is 2.52. The predicted molar refractivity (Wildman–Crippen MR) is 83.9 cm³/mol. The fraction of sp³-hybridized carbons (Fsp3) is 0.125. The number of hydrogen-bond donors (Lipinski definition) is 1. The van der Waals surface area contributed by atoms with Crippen molar-refractivity contribution in [3.63, 3.8) is 0 Å². The van der Waals surface area contributed by atoms with E-state index in [1.165, 1.54) is 30.3 Å². The maximum Gasteiger partial charge on any atom is 0.311 e. The molecule has 1 atom stereocenters. The molecule has 1 N–H and O–H groups in total. The van der Waals surface area contributed by atoms with Gasteiger partial charge in [0.15, 0.2) is 5.78 Å². The van der Waals surface area contributed by atoms with Crippen LogP contribution in [0, 0.1) is 10.1 Å². The molecule has 0 amide bonds. The Morgan fingerprint density at radius 2 is 1.83 bits per heavy atom. The van der Waals surface area contributed by atoms with Gasteiger partial charge in [-0.05, 0) is 17.7 Å². The van der Waals surface area contributed by atoms with E-state index in [1.54, 1.807) is 18.2 Å². The second kappa shape index (κ2) is 7.02. The summed E-state index contributed by atoms with van der Waals surface area (Å²) in [5.41, 5.74) is 0.517. The van der Waals surface area contributed by atoms with Crippen molar-refractivity contribution in [2.75, 3.05) is 0 Å². The Morgan fingerprint density at radius 3 is 2.35 bits per heavy atom. The third-order valence-electron chi connectivity index (χ3n) is 3.34. The molecule has 0 saturated heterocycles. The molecule has 0 spiro atoms. The van der Waals surface area contributed by atoms with Gasteiger partial charge in [-0.25, -0.2) is 0 Å². The number of carbonyl (C=O) groups is 2. The van der Waals surface area contributed by atoms with E-state index in [9.17, 15) is 24.8 Å². The number of hydrogen-bond acceptors (Lipinski definition) is 4. The molecule has 0 fully saturated rings. The van der Waals surface area contributed by atoms with E-state index in [0.29, 0.717) is 16.1 Å². The van der Waals surface area contributed by atoms with Crippen molar-refractivity contribution < 1.29 is 19.6 Å². The molecule has 0 heterocycles. The summed E-state index contributed by atoms with van der Waals surface area (Å²) in [5, 5.41) is 20.4. The van der Waals surface area contributed by atoms with E-state index in [0.717, 1.165) is 0 Å². The van der Waals surface area contributed by atoms with Crippen molar-refractivity contribution in [1.82, 2.24) is 0 Å². The van der Waals surface area contributed by atoms with Crippen molar-refractivity contribution in [2.45, 2.75) is 12.3 Å². The summed E-state index contributed by atoms with van der Waals surface area (Å²) in [6, 6.07) is 11.4. The molecule has 2 aromatic carbocycles. The molecule has 0 aliphatic rings. The van der Waals surface area contributed by atoms with Crippen LogP contribution in [0.1, 0.15) is 28.3 Å². The predicted octanol–water partition coefficient (Wildman–Crippen LogP) is 3.69. The minimum absolute atomic E-state index is 0.140. The van der Waals surface area contributed by atoms with Gasteiger partial charge in [0.05, 0.1) is 10.8 Å². The van der Waals surface area contributed by atoms with Crippen LogP contribution in [0.5, 0.6) is 0 Å². The van der Waals surface area contributed by atoms with E-state index >= 15 is 0 Å². The molecule has 2 rings (SSSR count). The Kier molecular flexibility index (Phi) is 5.08. The molecule has 0 bridgehead atoms. The molecule has 6 nitrogen and oxygen atoms in total. The van der Waals surface area contributed by atoms with Crippen LogP contribution >= 0.6 is 11.6 Å². The van der Waals surface area contributed by atoms with Crippen LogP contribution in [0.15, 0.2) is 48.5 Å². The quantitative estimate of drug-likeness (QED) is 0.494. The van der Waals surface area contributed by atoms with Crippen LogP contribution in [-0.2, 0) is 4.79 Å². The molecule has 2 aromatic rings. The molecule has 0 radical (unpaired) electrons. The van der Waals surface area contributed by atoms with Crippen molar-refractivity contribution in [3.05, 3.63) is 74.8 Å². The zero-order valence-electron chi connectivity index (χ0n) is 11.8. The number of rotatable bonds is 6. The molecule has 0 saturated carbocycles. The minimum atomic E-state index is -1.17. The highest BCUT2D eigenvalue weighted by molar-refractivity contribution is 6.31. The number of non-ortho nitro benzene ring substituents is 1. The van der Waals surface area contributed by atoms with E-state index < -0.39 is 16.8 Å². The molecule has 23 heavy (non-hydrogen) atoms. The molecule has 0 aliphatic heterocycles. The van der Waals surface area contributed by atoms with E-state index in [4.69, 9.17) is 11.6 Å². The van der Waals surface area contributed by atoms with Gasteiger partial charge in [-0.2, -0.15) is 0 Å². The van der Waals surface area contributed by atoms with Gasteiger partial charge in [0, 0.05) is 29.1 Å². The Labute approximate surface area is 136 Å². The Balaban J connectivity index is 2.23. The summed E-state index contributed by atoms with van der Waals surface area (Å²) in [7, 11) is 0. The molecule has 7 heteroatoms. The Hall–Kier alpha value is -2.73. The van der Waals surface area contributed by atoms with Crippen LogP contribution in [0.3, 0.4) is 0 Å². The van der Waals surface area contributed by atoms with Gasteiger partial charge >= 0.3 is 5.97 Å². The number of halogens is 1. The number of nitro benzene ring substituents is 1. The highest BCUT2D eigenvalue weighted by atomic mass is 35.5. The number of benzene rings is 2. The first-order chi connectivity index (χ1) is 10.9. The molecule has 0 aromatic heterocycles. The molecule has 1 unspecified atom stereocenters. The SMILES string of the molecule is O=C(CC(C(=O)O)c1ccc([N+](=O)[O-])cc1)c1cccc(Cl)c1. The first-order valence-electron chi connectivity index (χ1n) is 6.64. The summed E-state index contributed by atoms with van der Waals surface area (Å²) in [6.07, 6.45) is -0.256. The fourth-order valence-corrected chi connectivity index (χ4v) is 2.33. The van der Waals surface area contributed by atoms with Crippen molar-refractivity contribution >= 4 is 29.0 Å². The molecule has 0 aliphatic carbocycles. The van der Waals surface area contributed by atoms with Gasteiger partial charge in [0.2, 0.25) is 0 Å². The zero-order valence-corrected chi connectivity index (χ0v) is 12.6. The average molecular weight is 334 g/mol.